The van der Waals surface area contributed by atoms with Crippen molar-refractivity contribution in [3.8, 4) is 0 Å². The molecule has 3 rings (SSSR count). The molecule has 0 aromatic heterocycles. The number of carbonyl (C=O) groups is 2. The van der Waals surface area contributed by atoms with Crippen molar-refractivity contribution in [1.29, 1.82) is 0 Å². The summed E-state index contributed by atoms with van der Waals surface area (Å²) in [5, 5.41) is 4.47. The van der Waals surface area contributed by atoms with Crippen molar-refractivity contribution in [3.63, 3.8) is 0 Å². The number of carbonyl (C=O) groups excluding carboxylic acids is 2. The highest BCUT2D eigenvalue weighted by Crippen LogP contribution is 2.19. The Hall–Kier alpha value is -3.43. The molecule has 0 aliphatic heterocycles. The van der Waals surface area contributed by atoms with Crippen molar-refractivity contribution < 1.29 is 22.7 Å². The number of nitrogens with one attached hydrogen (secondary N) is 2. The lowest BCUT2D eigenvalue weighted by atomic mass is 10.1. The zero-order valence-corrected chi connectivity index (χ0v) is 21.0. The number of para-hydroxylation sites is 1. The van der Waals surface area contributed by atoms with Gasteiger partial charge >= 0.3 is 6.09 Å². The standard InChI is InChI=1S/C26H31N3O5S/c1-26(2,3)34-25(31)29(22-11-5-4-6-12-22)18-15-24(30)27-16-17-28-35(32,33)23-14-13-20-9-7-8-10-21(20)19-23/h4-14,19,28H,15-18H2,1-3H3,(H,27,30). The molecule has 0 bridgehead atoms. The topological polar surface area (TPSA) is 105 Å². The summed E-state index contributed by atoms with van der Waals surface area (Å²) >= 11 is 0. The van der Waals surface area contributed by atoms with E-state index in [1.54, 1.807) is 63.2 Å². The molecule has 0 unspecified atom stereocenters. The third-order valence-corrected chi connectivity index (χ3v) is 6.47. The first kappa shape index (κ1) is 26.2. The van der Waals surface area contributed by atoms with Crippen molar-refractivity contribution >= 4 is 38.5 Å². The summed E-state index contributed by atoms with van der Waals surface area (Å²) < 4.78 is 33.2. The first-order valence-electron chi connectivity index (χ1n) is 11.4. The number of fused-ring (bicyclic) bond motifs is 1. The van der Waals surface area contributed by atoms with Crippen molar-refractivity contribution in [1.82, 2.24) is 10.0 Å². The zero-order valence-electron chi connectivity index (χ0n) is 20.2. The molecule has 0 radical (unpaired) electrons. The van der Waals surface area contributed by atoms with Crippen LogP contribution in [-0.4, -0.2) is 45.7 Å². The Morgan fingerprint density at radius 3 is 2.23 bits per heavy atom. The number of hydrogen-bond donors (Lipinski definition) is 2. The number of ether oxygens (including phenoxy) is 1. The highest BCUT2D eigenvalue weighted by atomic mass is 32.2. The second kappa shape index (κ2) is 11.3. The number of rotatable bonds is 9. The van der Waals surface area contributed by atoms with E-state index in [1.165, 1.54) is 4.90 Å². The van der Waals surface area contributed by atoms with Crippen LogP contribution < -0.4 is 14.9 Å². The van der Waals surface area contributed by atoms with Gasteiger partial charge < -0.3 is 10.1 Å². The van der Waals surface area contributed by atoms with Crippen LogP contribution in [-0.2, 0) is 19.6 Å². The number of benzene rings is 3. The quantitative estimate of drug-likeness (QED) is 0.434. The Kier molecular flexibility index (Phi) is 8.48. The minimum Gasteiger partial charge on any atom is -0.443 e. The van der Waals surface area contributed by atoms with Crippen LogP contribution in [0, 0.1) is 0 Å². The number of amides is 2. The lowest BCUT2D eigenvalue weighted by molar-refractivity contribution is -0.120. The summed E-state index contributed by atoms with van der Waals surface area (Å²) in [4.78, 5) is 26.6. The van der Waals surface area contributed by atoms with E-state index < -0.39 is 21.7 Å². The molecule has 3 aromatic rings. The third-order valence-electron chi connectivity index (χ3n) is 5.01. The Morgan fingerprint density at radius 1 is 0.886 bits per heavy atom. The maximum absolute atomic E-state index is 12.7. The predicted octanol–water partition coefficient (Wildman–Crippen LogP) is 4.07. The fraction of sp³-hybridized carbons (Fsp3) is 0.308. The van der Waals surface area contributed by atoms with Crippen LogP contribution in [0.5, 0.6) is 0 Å². The summed E-state index contributed by atoms with van der Waals surface area (Å²) in [5.41, 5.74) is -0.0492. The molecule has 0 fully saturated rings. The molecule has 0 heterocycles. The molecule has 2 amide bonds. The number of hydrogen-bond acceptors (Lipinski definition) is 5. The molecule has 0 saturated heterocycles. The summed E-state index contributed by atoms with van der Waals surface area (Å²) in [7, 11) is -3.71. The van der Waals surface area contributed by atoms with Crippen LogP contribution in [0.1, 0.15) is 27.2 Å². The SMILES string of the molecule is CC(C)(C)OC(=O)N(CCC(=O)NCCNS(=O)(=O)c1ccc2ccccc2c1)c1ccccc1. The number of nitrogens with zero attached hydrogens (tertiary/aromatic N) is 1. The van der Waals surface area contributed by atoms with Crippen LogP contribution in [0.3, 0.4) is 0 Å². The molecule has 35 heavy (non-hydrogen) atoms. The number of sulfonamides is 1. The van der Waals surface area contributed by atoms with Gasteiger partial charge in [-0.3, -0.25) is 9.69 Å². The second-order valence-electron chi connectivity index (χ2n) is 8.97. The highest BCUT2D eigenvalue weighted by molar-refractivity contribution is 7.89. The average molecular weight is 498 g/mol. The summed E-state index contributed by atoms with van der Waals surface area (Å²) in [6.07, 6.45) is -0.509. The first-order valence-corrected chi connectivity index (χ1v) is 12.8. The van der Waals surface area contributed by atoms with Crippen molar-refractivity contribution in [2.24, 2.45) is 0 Å². The third kappa shape index (κ3) is 7.80. The lowest BCUT2D eigenvalue weighted by Crippen LogP contribution is -2.40. The minimum atomic E-state index is -3.71. The normalized spacial score (nSPS) is 11.7. The monoisotopic (exact) mass is 497 g/mol. The predicted molar refractivity (Wildman–Crippen MR) is 137 cm³/mol. The van der Waals surface area contributed by atoms with Crippen LogP contribution in [0.4, 0.5) is 10.5 Å². The molecule has 0 saturated carbocycles. The number of anilines is 1. The van der Waals surface area contributed by atoms with Gasteiger partial charge in [0.05, 0.1) is 4.90 Å². The van der Waals surface area contributed by atoms with Gasteiger partial charge in [-0.05, 0) is 55.8 Å². The van der Waals surface area contributed by atoms with E-state index in [4.69, 9.17) is 4.74 Å². The maximum Gasteiger partial charge on any atom is 0.414 e. The Bertz CT molecular complexity index is 1270. The Balaban J connectivity index is 1.50. The van der Waals surface area contributed by atoms with Gasteiger partial charge in [0.15, 0.2) is 0 Å². The average Bonchev–Trinajstić information content (AvgIpc) is 2.81. The van der Waals surface area contributed by atoms with Gasteiger partial charge in [0, 0.05) is 31.7 Å². The molecule has 8 nitrogen and oxygen atoms in total. The highest BCUT2D eigenvalue weighted by Gasteiger charge is 2.24. The van der Waals surface area contributed by atoms with E-state index in [9.17, 15) is 18.0 Å². The van der Waals surface area contributed by atoms with Gasteiger partial charge in [0.2, 0.25) is 15.9 Å². The molecule has 186 valence electrons. The van der Waals surface area contributed by atoms with Gasteiger partial charge in [-0.15, -0.1) is 0 Å². The summed E-state index contributed by atoms with van der Waals surface area (Å²) in [6, 6.07) is 21.4. The molecular formula is C26H31N3O5S. The Labute approximate surface area is 206 Å². The molecule has 3 aromatic carbocycles. The van der Waals surface area contributed by atoms with Crippen molar-refractivity contribution in [2.75, 3.05) is 24.5 Å². The molecule has 0 aliphatic carbocycles. The van der Waals surface area contributed by atoms with E-state index in [1.807, 2.05) is 30.3 Å². The van der Waals surface area contributed by atoms with Gasteiger partial charge in [-0.25, -0.2) is 17.9 Å². The van der Waals surface area contributed by atoms with E-state index >= 15 is 0 Å². The van der Waals surface area contributed by atoms with Gasteiger partial charge in [-0.2, -0.15) is 0 Å². The molecule has 9 heteroatoms. The molecule has 0 aliphatic rings. The minimum absolute atomic E-state index is 0.0333. The molecule has 0 spiro atoms. The fourth-order valence-electron chi connectivity index (χ4n) is 3.36. The smallest absolute Gasteiger partial charge is 0.414 e. The maximum atomic E-state index is 12.7. The van der Waals surface area contributed by atoms with E-state index in [-0.39, 0.29) is 36.9 Å². The second-order valence-corrected chi connectivity index (χ2v) is 10.7. The van der Waals surface area contributed by atoms with E-state index in [2.05, 4.69) is 10.0 Å². The van der Waals surface area contributed by atoms with Crippen LogP contribution in [0.2, 0.25) is 0 Å². The molecule has 0 atom stereocenters. The largest absolute Gasteiger partial charge is 0.443 e. The van der Waals surface area contributed by atoms with E-state index in [0.29, 0.717) is 5.69 Å². The van der Waals surface area contributed by atoms with Gasteiger partial charge in [0.25, 0.3) is 0 Å². The van der Waals surface area contributed by atoms with Crippen molar-refractivity contribution in [3.05, 3.63) is 72.8 Å². The van der Waals surface area contributed by atoms with Crippen LogP contribution in [0.15, 0.2) is 77.7 Å². The van der Waals surface area contributed by atoms with Gasteiger partial charge in [0.1, 0.15) is 5.60 Å². The van der Waals surface area contributed by atoms with Crippen LogP contribution >= 0.6 is 0 Å². The summed E-state index contributed by atoms with van der Waals surface area (Å²) in [5.74, 6) is -0.306. The molecular weight excluding hydrogens is 466 g/mol. The van der Waals surface area contributed by atoms with E-state index in [0.717, 1.165) is 10.8 Å². The first-order chi connectivity index (χ1) is 16.5. The van der Waals surface area contributed by atoms with Crippen LogP contribution in [0.25, 0.3) is 10.8 Å². The summed E-state index contributed by atoms with van der Waals surface area (Å²) in [6.45, 7) is 5.60. The Morgan fingerprint density at radius 2 is 1.54 bits per heavy atom. The fourth-order valence-corrected chi connectivity index (χ4v) is 4.42. The zero-order chi connectivity index (χ0) is 25.5. The molecule has 2 N–H and O–H groups in total. The van der Waals surface area contributed by atoms with Crippen molar-refractivity contribution in [2.45, 2.75) is 37.7 Å². The van der Waals surface area contributed by atoms with Gasteiger partial charge in [-0.1, -0.05) is 48.5 Å². The lowest BCUT2D eigenvalue weighted by Gasteiger charge is -2.27.